The minimum absolute atomic E-state index is 0.142. The van der Waals surface area contributed by atoms with Gasteiger partial charge in [-0.25, -0.2) is 4.39 Å². The van der Waals surface area contributed by atoms with Crippen molar-refractivity contribution < 1.29 is 18.3 Å². The molecule has 0 aliphatic rings. The van der Waals surface area contributed by atoms with Crippen LogP contribution in [-0.4, -0.2) is 12.9 Å². The molecule has 0 aliphatic heterocycles. The van der Waals surface area contributed by atoms with Crippen LogP contribution in [0.2, 0.25) is 0 Å². The number of hydrogen-bond donors (Lipinski definition) is 0. The van der Waals surface area contributed by atoms with Crippen molar-refractivity contribution >= 4 is 5.78 Å². The largest absolute Gasteiger partial charge is 0.494 e. The lowest BCUT2D eigenvalue weighted by Crippen LogP contribution is -2.04. The van der Waals surface area contributed by atoms with Crippen LogP contribution >= 0.6 is 0 Å². The lowest BCUT2D eigenvalue weighted by atomic mass is 10.1. The van der Waals surface area contributed by atoms with Crippen LogP contribution in [0.1, 0.15) is 23.7 Å². The molecular weight excluding hydrogens is 190 g/mol. The number of halogens is 2. The molecule has 76 valence electrons. The minimum Gasteiger partial charge on any atom is -0.494 e. The van der Waals surface area contributed by atoms with E-state index in [2.05, 4.69) is 4.74 Å². The van der Waals surface area contributed by atoms with Gasteiger partial charge in [0.15, 0.2) is 17.3 Å². The Hall–Kier alpha value is -1.45. The lowest BCUT2D eigenvalue weighted by Gasteiger charge is -2.05. The van der Waals surface area contributed by atoms with Crippen LogP contribution < -0.4 is 4.74 Å². The van der Waals surface area contributed by atoms with E-state index in [0.29, 0.717) is 0 Å². The average Bonchev–Trinajstić information content (AvgIpc) is 2.21. The van der Waals surface area contributed by atoms with Crippen molar-refractivity contribution in [1.82, 2.24) is 0 Å². The second-order valence-corrected chi connectivity index (χ2v) is 2.72. The molecule has 0 radical (unpaired) electrons. The summed E-state index contributed by atoms with van der Waals surface area (Å²) in [5.74, 6) is -2.89. The Bertz CT molecular complexity index is 361. The van der Waals surface area contributed by atoms with E-state index in [4.69, 9.17) is 0 Å². The van der Waals surface area contributed by atoms with Crippen molar-refractivity contribution in [1.29, 1.82) is 0 Å². The second-order valence-electron chi connectivity index (χ2n) is 2.72. The molecule has 1 aromatic carbocycles. The van der Waals surface area contributed by atoms with Gasteiger partial charge in [0.2, 0.25) is 5.82 Å². The molecule has 4 heteroatoms. The number of methoxy groups -OCH3 is 1. The molecule has 14 heavy (non-hydrogen) atoms. The maximum Gasteiger partial charge on any atom is 0.201 e. The van der Waals surface area contributed by atoms with Crippen molar-refractivity contribution in [3.8, 4) is 5.75 Å². The number of benzene rings is 1. The second kappa shape index (κ2) is 4.17. The molecule has 1 rings (SSSR count). The maximum absolute atomic E-state index is 13.2. The van der Waals surface area contributed by atoms with Gasteiger partial charge >= 0.3 is 0 Å². The molecule has 0 spiro atoms. The number of ketones is 1. The Kier molecular flexibility index (Phi) is 3.17. The highest BCUT2D eigenvalue weighted by atomic mass is 19.2. The summed E-state index contributed by atoms with van der Waals surface area (Å²) in [6, 6.07) is 2.46. The maximum atomic E-state index is 13.2. The van der Waals surface area contributed by atoms with E-state index in [1.165, 1.54) is 19.2 Å². The molecule has 0 saturated carbocycles. The molecule has 0 heterocycles. The zero-order valence-corrected chi connectivity index (χ0v) is 7.93. The Morgan fingerprint density at radius 1 is 1.36 bits per heavy atom. The molecular formula is C10H10F2O2. The first kappa shape index (κ1) is 10.6. The summed E-state index contributed by atoms with van der Waals surface area (Å²) in [5, 5.41) is 0. The number of hydrogen-bond acceptors (Lipinski definition) is 2. The van der Waals surface area contributed by atoms with Gasteiger partial charge in [-0.1, -0.05) is 6.92 Å². The van der Waals surface area contributed by atoms with Gasteiger partial charge in [0.1, 0.15) is 0 Å². The first-order valence-corrected chi connectivity index (χ1v) is 4.17. The molecule has 0 N–H and O–H groups in total. The topological polar surface area (TPSA) is 26.3 Å². The Morgan fingerprint density at radius 2 is 2.00 bits per heavy atom. The normalized spacial score (nSPS) is 10.0. The van der Waals surface area contributed by atoms with E-state index in [1.807, 2.05) is 0 Å². The van der Waals surface area contributed by atoms with E-state index in [1.54, 1.807) is 6.92 Å². The Labute approximate surface area is 80.5 Å². The quantitative estimate of drug-likeness (QED) is 0.701. The van der Waals surface area contributed by atoms with E-state index in [0.717, 1.165) is 0 Å². The van der Waals surface area contributed by atoms with Crippen LogP contribution in [0.5, 0.6) is 5.75 Å². The third-order valence-electron chi connectivity index (χ3n) is 1.89. The molecule has 0 aliphatic carbocycles. The summed E-state index contributed by atoms with van der Waals surface area (Å²) >= 11 is 0. The highest BCUT2D eigenvalue weighted by Crippen LogP contribution is 2.22. The van der Waals surface area contributed by atoms with E-state index >= 15 is 0 Å². The minimum atomic E-state index is -1.14. The molecule has 0 bridgehead atoms. The van der Waals surface area contributed by atoms with Crippen LogP contribution in [0.15, 0.2) is 12.1 Å². The summed E-state index contributed by atoms with van der Waals surface area (Å²) in [6.45, 7) is 1.59. The van der Waals surface area contributed by atoms with Crippen LogP contribution in [0.3, 0.4) is 0 Å². The van der Waals surface area contributed by atoms with Crippen molar-refractivity contribution in [3.05, 3.63) is 29.3 Å². The van der Waals surface area contributed by atoms with Gasteiger partial charge in [0.25, 0.3) is 0 Å². The summed E-state index contributed by atoms with van der Waals surface area (Å²) in [4.78, 5) is 11.1. The van der Waals surface area contributed by atoms with Crippen LogP contribution in [0, 0.1) is 11.6 Å². The fourth-order valence-corrected chi connectivity index (χ4v) is 1.10. The van der Waals surface area contributed by atoms with Gasteiger partial charge in [-0.15, -0.1) is 0 Å². The molecule has 0 unspecified atom stereocenters. The summed E-state index contributed by atoms with van der Waals surface area (Å²) in [7, 11) is 1.24. The SMILES string of the molecule is CCC(=O)c1ccc(OC)c(F)c1F. The fourth-order valence-electron chi connectivity index (χ4n) is 1.10. The first-order chi connectivity index (χ1) is 6.61. The van der Waals surface area contributed by atoms with E-state index in [9.17, 15) is 13.6 Å². The Balaban J connectivity index is 3.24. The number of rotatable bonds is 3. The smallest absolute Gasteiger partial charge is 0.201 e. The van der Waals surface area contributed by atoms with E-state index < -0.39 is 17.4 Å². The Morgan fingerprint density at radius 3 is 2.50 bits per heavy atom. The van der Waals surface area contributed by atoms with Gasteiger partial charge in [0, 0.05) is 6.42 Å². The third-order valence-corrected chi connectivity index (χ3v) is 1.89. The molecule has 0 saturated heterocycles. The van der Waals surface area contributed by atoms with E-state index in [-0.39, 0.29) is 17.7 Å². The molecule has 0 fully saturated rings. The monoisotopic (exact) mass is 200 g/mol. The van der Waals surface area contributed by atoms with Gasteiger partial charge in [-0.2, -0.15) is 4.39 Å². The zero-order valence-electron chi connectivity index (χ0n) is 7.93. The standard InChI is InChI=1S/C10H10F2O2/c1-3-7(13)6-4-5-8(14-2)10(12)9(6)11/h4-5H,3H2,1-2H3. The van der Waals surface area contributed by atoms with Gasteiger partial charge in [-0.05, 0) is 12.1 Å². The molecule has 0 aromatic heterocycles. The van der Waals surface area contributed by atoms with Gasteiger partial charge in [0.05, 0.1) is 12.7 Å². The van der Waals surface area contributed by atoms with Crippen molar-refractivity contribution in [2.45, 2.75) is 13.3 Å². The molecule has 0 amide bonds. The van der Waals surface area contributed by atoms with Crippen LogP contribution in [0.25, 0.3) is 0 Å². The predicted molar refractivity (Wildman–Crippen MR) is 47.5 cm³/mol. The van der Waals surface area contributed by atoms with Crippen LogP contribution in [-0.2, 0) is 0 Å². The lowest BCUT2D eigenvalue weighted by molar-refractivity contribution is 0.0983. The molecule has 1 aromatic rings. The number of Topliss-reactive ketones (excluding diaryl/α,β-unsaturated/α-hetero) is 1. The highest BCUT2D eigenvalue weighted by molar-refractivity contribution is 5.96. The number of ether oxygens (including phenoxy) is 1. The zero-order chi connectivity index (χ0) is 10.7. The molecule has 0 atom stereocenters. The third kappa shape index (κ3) is 1.73. The first-order valence-electron chi connectivity index (χ1n) is 4.17. The van der Waals surface area contributed by atoms with Gasteiger partial charge in [-0.3, -0.25) is 4.79 Å². The number of carbonyl (C=O) groups is 1. The molecule has 2 nitrogen and oxygen atoms in total. The highest BCUT2D eigenvalue weighted by Gasteiger charge is 2.17. The van der Waals surface area contributed by atoms with Gasteiger partial charge < -0.3 is 4.74 Å². The van der Waals surface area contributed by atoms with Crippen molar-refractivity contribution in [2.75, 3.05) is 7.11 Å². The fraction of sp³-hybridized carbons (Fsp3) is 0.300. The van der Waals surface area contributed by atoms with Crippen molar-refractivity contribution in [2.24, 2.45) is 0 Å². The average molecular weight is 200 g/mol. The summed E-state index contributed by atoms with van der Waals surface area (Å²) in [6.07, 6.45) is 0.142. The van der Waals surface area contributed by atoms with Crippen LogP contribution in [0.4, 0.5) is 8.78 Å². The summed E-state index contributed by atoms with van der Waals surface area (Å²) < 4.78 is 30.9. The predicted octanol–water partition coefficient (Wildman–Crippen LogP) is 2.57. The summed E-state index contributed by atoms with van der Waals surface area (Å²) in [5.41, 5.74) is -0.231. The number of carbonyl (C=O) groups excluding carboxylic acids is 1. The van der Waals surface area contributed by atoms with Crippen molar-refractivity contribution in [3.63, 3.8) is 0 Å².